The summed E-state index contributed by atoms with van der Waals surface area (Å²) in [6, 6.07) is 6.08. The van der Waals surface area contributed by atoms with Gasteiger partial charge in [-0.05, 0) is 60.1 Å². The first-order valence-electron chi connectivity index (χ1n) is 6.35. The van der Waals surface area contributed by atoms with Crippen LogP contribution in [0.1, 0.15) is 31.2 Å². The molecule has 4 heteroatoms. The number of carbonyl (C=O) groups is 1. The number of halogens is 1. The van der Waals surface area contributed by atoms with Crippen molar-refractivity contribution in [3.63, 3.8) is 0 Å². The fourth-order valence-electron chi connectivity index (χ4n) is 2.56. The minimum Gasteiger partial charge on any atom is -0.329 e. The van der Waals surface area contributed by atoms with E-state index in [1.165, 1.54) is 0 Å². The first-order chi connectivity index (χ1) is 8.57. The minimum absolute atomic E-state index is 0.0904. The molecule has 0 aliphatic heterocycles. The van der Waals surface area contributed by atoms with Crippen LogP contribution in [-0.2, 0) is 4.79 Å². The average molecular weight is 358 g/mol. The van der Waals surface area contributed by atoms with Crippen LogP contribution in [0.2, 0.25) is 0 Å². The Kier molecular flexibility index (Phi) is 4.27. The third kappa shape index (κ3) is 2.69. The number of benzene rings is 1. The maximum absolute atomic E-state index is 12.4. The molecule has 0 aromatic heterocycles. The lowest BCUT2D eigenvalue weighted by Crippen LogP contribution is -2.40. The topological polar surface area (TPSA) is 55.1 Å². The molecule has 1 amide bonds. The van der Waals surface area contributed by atoms with Crippen molar-refractivity contribution in [1.29, 1.82) is 0 Å². The first kappa shape index (κ1) is 13.8. The highest BCUT2D eigenvalue weighted by Crippen LogP contribution is 2.38. The number of hydrogen-bond donors (Lipinski definition) is 2. The summed E-state index contributed by atoms with van der Waals surface area (Å²) in [5, 5.41) is 3.06. The van der Waals surface area contributed by atoms with Crippen molar-refractivity contribution >= 4 is 34.2 Å². The van der Waals surface area contributed by atoms with Crippen LogP contribution in [0.25, 0.3) is 0 Å². The zero-order valence-corrected chi connectivity index (χ0v) is 12.8. The highest BCUT2D eigenvalue weighted by atomic mass is 127. The molecule has 1 aliphatic carbocycles. The summed E-state index contributed by atoms with van der Waals surface area (Å²) >= 11 is 2.25. The minimum atomic E-state index is -0.340. The first-order valence-corrected chi connectivity index (χ1v) is 7.43. The Hall–Kier alpha value is -0.620. The molecule has 0 unspecified atom stereocenters. The molecular formula is C14H19IN2O. The molecule has 3 N–H and O–H groups in total. The van der Waals surface area contributed by atoms with Crippen molar-refractivity contribution in [3.05, 3.63) is 27.3 Å². The summed E-state index contributed by atoms with van der Waals surface area (Å²) in [5.74, 6) is 0.0904. The Morgan fingerprint density at radius 3 is 2.72 bits per heavy atom. The monoisotopic (exact) mass is 358 g/mol. The van der Waals surface area contributed by atoms with Gasteiger partial charge in [-0.15, -0.1) is 0 Å². The molecule has 0 saturated heterocycles. The lowest BCUT2D eigenvalue weighted by molar-refractivity contribution is -0.124. The van der Waals surface area contributed by atoms with Crippen LogP contribution in [0.15, 0.2) is 18.2 Å². The van der Waals surface area contributed by atoms with Gasteiger partial charge >= 0.3 is 0 Å². The van der Waals surface area contributed by atoms with Crippen molar-refractivity contribution < 1.29 is 4.79 Å². The van der Waals surface area contributed by atoms with E-state index in [2.05, 4.69) is 27.9 Å². The highest BCUT2D eigenvalue weighted by molar-refractivity contribution is 14.1. The van der Waals surface area contributed by atoms with Gasteiger partial charge in [-0.2, -0.15) is 0 Å². The van der Waals surface area contributed by atoms with Crippen molar-refractivity contribution in [3.8, 4) is 0 Å². The van der Waals surface area contributed by atoms with E-state index < -0.39 is 0 Å². The Morgan fingerprint density at radius 2 is 2.11 bits per heavy atom. The molecule has 1 aromatic rings. The zero-order chi connectivity index (χ0) is 13.2. The molecule has 0 heterocycles. The quantitative estimate of drug-likeness (QED) is 0.816. The Balaban J connectivity index is 2.18. The summed E-state index contributed by atoms with van der Waals surface area (Å²) in [4.78, 5) is 12.4. The van der Waals surface area contributed by atoms with E-state index in [0.717, 1.165) is 40.5 Å². The lowest BCUT2D eigenvalue weighted by Gasteiger charge is -2.26. The molecule has 18 heavy (non-hydrogen) atoms. The van der Waals surface area contributed by atoms with E-state index in [1.807, 2.05) is 25.1 Å². The van der Waals surface area contributed by atoms with Gasteiger partial charge < -0.3 is 11.1 Å². The molecule has 1 fully saturated rings. The average Bonchev–Trinajstić information content (AvgIpc) is 2.84. The summed E-state index contributed by atoms with van der Waals surface area (Å²) in [7, 11) is 0. The van der Waals surface area contributed by atoms with E-state index in [-0.39, 0.29) is 11.3 Å². The molecule has 1 aliphatic rings. The van der Waals surface area contributed by atoms with Crippen molar-refractivity contribution in [2.75, 3.05) is 11.9 Å². The van der Waals surface area contributed by atoms with Crippen LogP contribution in [0, 0.1) is 15.9 Å². The molecule has 0 radical (unpaired) electrons. The second-order valence-electron chi connectivity index (χ2n) is 5.10. The molecule has 0 atom stereocenters. The van der Waals surface area contributed by atoms with Crippen LogP contribution in [-0.4, -0.2) is 12.5 Å². The number of aryl methyl sites for hydroxylation is 1. The van der Waals surface area contributed by atoms with Crippen molar-refractivity contribution in [1.82, 2.24) is 0 Å². The van der Waals surface area contributed by atoms with Gasteiger partial charge in [0.2, 0.25) is 5.91 Å². The Labute approximate surface area is 122 Å². The largest absolute Gasteiger partial charge is 0.329 e. The SMILES string of the molecule is Cc1ccc(I)cc1NC(=O)C1(CN)CCCC1. The summed E-state index contributed by atoms with van der Waals surface area (Å²) < 4.78 is 1.13. The molecule has 0 spiro atoms. The normalized spacial score (nSPS) is 17.7. The van der Waals surface area contributed by atoms with Crippen molar-refractivity contribution in [2.24, 2.45) is 11.1 Å². The van der Waals surface area contributed by atoms with Crippen LogP contribution >= 0.6 is 22.6 Å². The molecule has 3 nitrogen and oxygen atoms in total. The van der Waals surface area contributed by atoms with E-state index in [4.69, 9.17) is 5.73 Å². The third-order valence-electron chi connectivity index (χ3n) is 3.88. The molecule has 1 aromatic carbocycles. The van der Waals surface area contributed by atoms with E-state index >= 15 is 0 Å². The standard InChI is InChI=1S/C14H19IN2O/c1-10-4-5-11(15)8-12(10)17-13(18)14(9-16)6-2-3-7-14/h4-5,8H,2-3,6-7,9,16H2,1H3,(H,17,18). The Bertz CT molecular complexity index is 453. The van der Waals surface area contributed by atoms with Gasteiger partial charge in [-0.3, -0.25) is 4.79 Å². The van der Waals surface area contributed by atoms with Gasteiger partial charge in [0.15, 0.2) is 0 Å². The van der Waals surface area contributed by atoms with Gasteiger partial charge in [0, 0.05) is 15.8 Å². The van der Waals surface area contributed by atoms with Crippen LogP contribution < -0.4 is 11.1 Å². The van der Waals surface area contributed by atoms with Gasteiger partial charge in [0.1, 0.15) is 0 Å². The predicted octanol–water partition coefficient (Wildman–Crippen LogP) is 3.06. The van der Waals surface area contributed by atoms with E-state index in [0.29, 0.717) is 6.54 Å². The van der Waals surface area contributed by atoms with E-state index in [1.54, 1.807) is 0 Å². The molecule has 98 valence electrons. The lowest BCUT2D eigenvalue weighted by atomic mass is 9.85. The number of hydrogen-bond acceptors (Lipinski definition) is 2. The zero-order valence-electron chi connectivity index (χ0n) is 10.6. The van der Waals surface area contributed by atoms with Crippen LogP contribution in [0.3, 0.4) is 0 Å². The third-order valence-corrected chi connectivity index (χ3v) is 4.55. The molecular weight excluding hydrogens is 339 g/mol. The van der Waals surface area contributed by atoms with Crippen LogP contribution in [0.5, 0.6) is 0 Å². The van der Waals surface area contributed by atoms with Crippen LogP contribution in [0.4, 0.5) is 5.69 Å². The number of rotatable bonds is 3. The number of nitrogens with one attached hydrogen (secondary N) is 1. The summed E-state index contributed by atoms with van der Waals surface area (Å²) in [6.45, 7) is 2.46. The highest BCUT2D eigenvalue weighted by Gasteiger charge is 2.39. The smallest absolute Gasteiger partial charge is 0.231 e. The number of anilines is 1. The fraction of sp³-hybridized carbons (Fsp3) is 0.500. The fourth-order valence-corrected chi connectivity index (χ4v) is 3.05. The maximum atomic E-state index is 12.4. The second kappa shape index (κ2) is 5.57. The predicted molar refractivity (Wildman–Crippen MR) is 82.5 cm³/mol. The second-order valence-corrected chi connectivity index (χ2v) is 6.35. The Morgan fingerprint density at radius 1 is 1.44 bits per heavy atom. The summed E-state index contributed by atoms with van der Waals surface area (Å²) in [6.07, 6.45) is 4.04. The molecule has 2 rings (SSSR count). The van der Waals surface area contributed by atoms with Gasteiger partial charge in [-0.25, -0.2) is 0 Å². The number of nitrogens with two attached hydrogens (primary N) is 1. The van der Waals surface area contributed by atoms with Crippen molar-refractivity contribution in [2.45, 2.75) is 32.6 Å². The molecule has 0 bridgehead atoms. The van der Waals surface area contributed by atoms with Gasteiger partial charge in [0.25, 0.3) is 0 Å². The summed E-state index contributed by atoms with van der Waals surface area (Å²) in [5.41, 5.74) is 7.49. The molecule has 1 saturated carbocycles. The number of amides is 1. The number of carbonyl (C=O) groups excluding carboxylic acids is 1. The maximum Gasteiger partial charge on any atom is 0.231 e. The van der Waals surface area contributed by atoms with Gasteiger partial charge in [0.05, 0.1) is 5.41 Å². The van der Waals surface area contributed by atoms with Gasteiger partial charge in [-0.1, -0.05) is 18.9 Å². The van der Waals surface area contributed by atoms with E-state index in [9.17, 15) is 4.79 Å².